The summed E-state index contributed by atoms with van der Waals surface area (Å²) < 4.78 is 38.4. The number of pyridine rings is 1. The summed E-state index contributed by atoms with van der Waals surface area (Å²) in [7, 11) is -3.59. The molecular weight excluding hydrogens is 498 g/mol. The van der Waals surface area contributed by atoms with E-state index < -0.39 is 21.6 Å². The number of sulfone groups is 1. The van der Waals surface area contributed by atoms with E-state index in [2.05, 4.69) is 10.3 Å². The SMILES string of the molecule is CS(=O)(=O)c1ccc(C(=O)Nc2ccc(Cl)c(-c3ccccn3)c2)c(-c2cccc(F)c2Cl)c1. The van der Waals surface area contributed by atoms with Crippen LogP contribution in [0.15, 0.2) is 83.9 Å². The van der Waals surface area contributed by atoms with Crippen LogP contribution in [0.5, 0.6) is 0 Å². The zero-order valence-corrected chi connectivity index (χ0v) is 20.0. The van der Waals surface area contributed by atoms with Gasteiger partial charge in [0.05, 0.1) is 20.6 Å². The van der Waals surface area contributed by atoms with Gasteiger partial charge in [-0.1, -0.05) is 41.4 Å². The number of amides is 1. The average molecular weight is 515 g/mol. The number of rotatable bonds is 5. The van der Waals surface area contributed by atoms with Gasteiger partial charge in [0.1, 0.15) is 5.82 Å². The molecule has 0 aliphatic carbocycles. The molecule has 0 spiro atoms. The largest absolute Gasteiger partial charge is 0.322 e. The predicted octanol–water partition coefficient (Wildman–Crippen LogP) is 6.52. The van der Waals surface area contributed by atoms with E-state index in [-0.39, 0.29) is 26.6 Å². The van der Waals surface area contributed by atoms with E-state index in [1.807, 2.05) is 6.07 Å². The molecule has 34 heavy (non-hydrogen) atoms. The van der Waals surface area contributed by atoms with Gasteiger partial charge in [0.25, 0.3) is 5.91 Å². The van der Waals surface area contributed by atoms with Crippen molar-refractivity contribution in [2.24, 2.45) is 0 Å². The first-order chi connectivity index (χ1) is 16.1. The summed E-state index contributed by atoms with van der Waals surface area (Å²) in [5, 5.41) is 3.03. The van der Waals surface area contributed by atoms with Crippen molar-refractivity contribution in [3.63, 3.8) is 0 Å². The molecule has 4 rings (SSSR count). The van der Waals surface area contributed by atoms with Crippen LogP contribution >= 0.6 is 23.2 Å². The third-order valence-electron chi connectivity index (χ3n) is 5.07. The Balaban J connectivity index is 1.78. The van der Waals surface area contributed by atoms with Crippen molar-refractivity contribution in [1.29, 1.82) is 0 Å². The van der Waals surface area contributed by atoms with Crippen LogP contribution in [0.3, 0.4) is 0 Å². The summed E-state index contributed by atoms with van der Waals surface area (Å²) in [6.45, 7) is 0. The van der Waals surface area contributed by atoms with Crippen LogP contribution in [0.25, 0.3) is 22.4 Å². The molecule has 0 radical (unpaired) electrons. The Morgan fingerprint density at radius 1 is 0.912 bits per heavy atom. The molecular formula is C25H17Cl2FN2O3S. The van der Waals surface area contributed by atoms with Crippen molar-refractivity contribution >= 4 is 44.6 Å². The fourth-order valence-electron chi connectivity index (χ4n) is 3.41. The lowest BCUT2D eigenvalue weighted by molar-refractivity contribution is 0.102. The summed E-state index contributed by atoms with van der Waals surface area (Å²) in [6.07, 6.45) is 2.68. The van der Waals surface area contributed by atoms with Crippen LogP contribution in [0, 0.1) is 5.82 Å². The van der Waals surface area contributed by atoms with Crippen molar-refractivity contribution < 1.29 is 17.6 Å². The first-order valence-corrected chi connectivity index (χ1v) is 12.6. The van der Waals surface area contributed by atoms with Gasteiger partial charge < -0.3 is 5.32 Å². The maximum atomic E-state index is 14.2. The standard InChI is InChI=1S/C25H17Cl2FN2O3S/c1-34(32,33)16-9-10-18(19(14-16)17-5-4-6-22(28)24(17)27)25(31)30-15-8-11-21(26)20(13-15)23-7-2-3-12-29-23/h2-14H,1H3,(H,30,31). The molecule has 1 aromatic heterocycles. The van der Waals surface area contributed by atoms with E-state index in [1.165, 1.54) is 36.4 Å². The topological polar surface area (TPSA) is 76.1 Å². The summed E-state index contributed by atoms with van der Waals surface area (Å²) in [4.78, 5) is 17.5. The molecule has 0 saturated carbocycles. The zero-order valence-electron chi connectivity index (χ0n) is 17.7. The van der Waals surface area contributed by atoms with E-state index in [9.17, 15) is 17.6 Å². The van der Waals surface area contributed by atoms with Crippen LogP contribution in [0.4, 0.5) is 10.1 Å². The summed E-state index contributed by atoms with van der Waals surface area (Å²) in [5.74, 6) is -1.22. The quantitative estimate of drug-likeness (QED) is 0.329. The molecule has 5 nitrogen and oxygen atoms in total. The van der Waals surface area contributed by atoms with Crippen molar-refractivity contribution in [1.82, 2.24) is 4.98 Å². The van der Waals surface area contributed by atoms with Gasteiger partial charge in [0, 0.05) is 34.8 Å². The van der Waals surface area contributed by atoms with Crippen LogP contribution in [-0.4, -0.2) is 25.6 Å². The molecule has 4 aromatic rings. The number of aromatic nitrogens is 1. The van der Waals surface area contributed by atoms with Gasteiger partial charge in [-0.3, -0.25) is 9.78 Å². The smallest absolute Gasteiger partial charge is 0.256 e. The Bertz CT molecular complexity index is 1510. The maximum Gasteiger partial charge on any atom is 0.256 e. The monoisotopic (exact) mass is 514 g/mol. The molecule has 0 aliphatic heterocycles. The Hall–Kier alpha value is -3.26. The molecule has 0 atom stereocenters. The minimum absolute atomic E-state index is 0.0247. The van der Waals surface area contributed by atoms with Crippen LogP contribution in [0.2, 0.25) is 10.0 Å². The van der Waals surface area contributed by atoms with Crippen LogP contribution in [0.1, 0.15) is 10.4 Å². The highest BCUT2D eigenvalue weighted by Gasteiger charge is 2.20. The lowest BCUT2D eigenvalue weighted by Crippen LogP contribution is -2.14. The summed E-state index contributed by atoms with van der Waals surface area (Å²) in [6, 6.07) is 18.5. The molecule has 0 unspecified atom stereocenters. The molecule has 1 N–H and O–H groups in total. The second-order valence-corrected chi connectivity index (χ2v) is 10.2. The maximum absolute atomic E-state index is 14.2. The minimum Gasteiger partial charge on any atom is -0.322 e. The van der Waals surface area contributed by atoms with E-state index in [4.69, 9.17) is 23.2 Å². The van der Waals surface area contributed by atoms with Gasteiger partial charge in [-0.2, -0.15) is 0 Å². The van der Waals surface area contributed by atoms with Crippen LogP contribution in [-0.2, 0) is 9.84 Å². The number of hydrogen-bond donors (Lipinski definition) is 1. The van der Waals surface area contributed by atoms with E-state index in [0.29, 0.717) is 22.0 Å². The van der Waals surface area contributed by atoms with E-state index in [1.54, 1.807) is 36.5 Å². The fourth-order valence-corrected chi connectivity index (χ4v) is 4.50. The van der Waals surface area contributed by atoms with Gasteiger partial charge in [0.2, 0.25) is 0 Å². The number of nitrogens with one attached hydrogen (secondary N) is 1. The van der Waals surface area contributed by atoms with Crippen molar-refractivity contribution in [2.45, 2.75) is 4.90 Å². The van der Waals surface area contributed by atoms with Gasteiger partial charge in [-0.15, -0.1) is 0 Å². The first kappa shape index (κ1) is 23.9. The lowest BCUT2D eigenvalue weighted by atomic mass is 9.98. The lowest BCUT2D eigenvalue weighted by Gasteiger charge is -2.14. The molecule has 3 aromatic carbocycles. The normalized spacial score (nSPS) is 11.3. The number of carbonyl (C=O) groups excluding carboxylic acids is 1. The van der Waals surface area contributed by atoms with Gasteiger partial charge in [0.15, 0.2) is 9.84 Å². The minimum atomic E-state index is -3.59. The highest BCUT2D eigenvalue weighted by Crippen LogP contribution is 2.35. The third kappa shape index (κ3) is 4.97. The number of halogens is 3. The fraction of sp³-hybridized carbons (Fsp3) is 0.0400. The van der Waals surface area contributed by atoms with Gasteiger partial charge in [-0.05, 0) is 60.2 Å². The number of carbonyl (C=O) groups is 1. The predicted molar refractivity (Wildman–Crippen MR) is 133 cm³/mol. The average Bonchev–Trinajstić information content (AvgIpc) is 2.81. The summed E-state index contributed by atoms with van der Waals surface area (Å²) >= 11 is 12.5. The molecule has 0 saturated heterocycles. The number of anilines is 1. The second-order valence-electron chi connectivity index (χ2n) is 7.44. The van der Waals surface area contributed by atoms with Crippen molar-refractivity contribution in [2.75, 3.05) is 11.6 Å². The highest BCUT2D eigenvalue weighted by atomic mass is 35.5. The second kappa shape index (κ2) is 9.54. The molecule has 0 aliphatic rings. The van der Waals surface area contributed by atoms with Crippen molar-refractivity contribution in [3.05, 3.63) is 100 Å². The molecule has 1 amide bonds. The third-order valence-corrected chi connectivity index (χ3v) is 6.89. The number of benzene rings is 3. The molecule has 9 heteroatoms. The van der Waals surface area contributed by atoms with Gasteiger partial charge >= 0.3 is 0 Å². The van der Waals surface area contributed by atoms with E-state index in [0.717, 1.165) is 6.26 Å². The van der Waals surface area contributed by atoms with Crippen LogP contribution < -0.4 is 5.32 Å². The van der Waals surface area contributed by atoms with Gasteiger partial charge in [-0.25, -0.2) is 12.8 Å². The molecule has 0 fully saturated rings. The molecule has 0 bridgehead atoms. The Kier molecular flexibility index (Phi) is 6.70. The Morgan fingerprint density at radius 2 is 1.71 bits per heavy atom. The van der Waals surface area contributed by atoms with E-state index >= 15 is 0 Å². The van der Waals surface area contributed by atoms with Crippen molar-refractivity contribution in [3.8, 4) is 22.4 Å². The Labute approximate surface area is 206 Å². The zero-order chi connectivity index (χ0) is 24.5. The first-order valence-electron chi connectivity index (χ1n) is 9.96. The molecule has 1 heterocycles. The summed E-state index contributed by atoms with van der Waals surface area (Å²) in [5.41, 5.74) is 2.20. The number of hydrogen-bond acceptors (Lipinski definition) is 4. The Morgan fingerprint density at radius 3 is 2.41 bits per heavy atom. The highest BCUT2D eigenvalue weighted by molar-refractivity contribution is 7.90. The number of nitrogens with zero attached hydrogens (tertiary/aromatic N) is 1. The molecule has 172 valence electrons.